The first-order valence-corrected chi connectivity index (χ1v) is 13.3. The van der Waals surface area contributed by atoms with E-state index in [0.717, 1.165) is 5.56 Å². The van der Waals surface area contributed by atoms with E-state index < -0.39 is 37.1 Å². The Hall–Kier alpha value is -3.17. The first-order chi connectivity index (χ1) is 18.7. The molecule has 0 radical (unpaired) electrons. The van der Waals surface area contributed by atoms with Crippen molar-refractivity contribution in [1.29, 1.82) is 0 Å². The predicted octanol–water partition coefficient (Wildman–Crippen LogP) is 6.82. The molecule has 0 bridgehead atoms. The minimum absolute atomic E-state index is 0.0407. The third-order valence-electron chi connectivity index (χ3n) is 5.68. The van der Waals surface area contributed by atoms with Gasteiger partial charge in [-0.3, -0.25) is 4.79 Å². The van der Waals surface area contributed by atoms with Crippen LogP contribution in [-0.2, 0) is 14.9 Å². The number of halogens is 4. The van der Waals surface area contributed by atoms with E-state index in [4.69, 9.17) is 55.9 Å². The van der Waals surface area contributed by atoms with Crippen LogP contribution in [0.1, 0.15) is 57.4 Å². The number of esters is 2. The summed E-state index contributed by atoms with van der Waals surface area (Å²) in [5.74, 6) is -2.96. The maximum Gasteiger partial charge on any atom is 0.338 e. The van der Waals surface area contributed by atoms with E-state index in [1.807, 2.05) is 32.9 Å². The molecule has 3 rings (SSSR count). The van der Waals surface area contributed by atoms with Crippen LogP contribution in [0.4, 0.5) is 0 Å². The van der Waals surface area contributed by atoms with Gasteiger partial charge >= 0.3 is 11.9 Å². The minimum Gasteiger partial charge on any atom is -0.505 e. The summed E-state index contributed by atoms with van der Waals surface area (Å²) in [7, 11) is 0. The average molecular weight is 629 g/mol. The van der Waals surface area contributed by atoms with Gasteiger partial charge in [0.15, 0.2) is 11.5 Å². The number of carbonyl (C=O) groups is 3. The highest BCUT2D eigenvalue weighted by atomic mass is 35.5. The minimum atomic E-state index is -0.978. The lowest BCUT2D eigenvalue weighted by Crippen LogP contribution is -2.42. The molecule has 0 aliphatic heterocycles. The van der Waals surface area contributed by atoms with Crippen LogP contribution >= 0.6 is 46.4 Å². The fourth-order valence-electron chi connectivity index (χ4n) is 3.41. The van der Waals surface area contributed by atoms with Crippen molar-refractivity contribution >= 4 is 64.2 Å². The molecule has 1 amide bonds. The average Bonchev–Trinajstić information content (AvgIpc) is 2.90. The number of rotatable bonds is 8. The van der Waals surface area contributed by atoms with Gasteiger partial charge in [-0.15, -0.1) is 0 Å². The number of ether oxygens (including phenoxy) is 2. The number of amides is 1. The van der Waals surface area contributed by atoms with Crippen molar-refractivity contribution in [3.05, 3.63) is 90.9 Å². The lowest BCUT2D eigenvalue weighted by molar-refractivity contribution is 0.0308. The molecule has 12 heteroatoms. The Kier molecular flexibility index (Phi) is 10.2. The standard InChI is InChI=1S/C28H25Cl4NO7/c1-28(2,3)17-6-4-14(5-7-17)25(36)33-18(12-39-26(37)15-8-19(29)23(34)20(30)9-15)13-40-27(38)16-10-21(31)24(35)22(32)11-16/h4-11,18,34-35H,12-13H2,1-3H3,(H,33,36). The summed E-state index contributed by atoms with van der Waals surface area (Å²) in [6, 6.07) is 10.7. The van der Waals surface area contributed by atoms with Crippen LogP contribution in [0.3, 0.4) is 0 Å². The second-order valence-corrected chi connectivity index (χ2v) is 11.4. The number of phenols is 2. The van der Waals surface area contributed by atoms with Crippen LogP contribution in [-0.4, -0.2) is 47.3 Å². The smallest absolute Gasteiger partial charge is 0.338 e. The van der Waals surface area contributed by atoms with Crippen LogP contribution < -0.4 is 5.32 Å². The second kappa shape index (κ2) is 13.0. The molecule has 212 valence electrons. The summed E-state index contributed by atoms with van der Waals surface area (Å²) in [6.45, 7) is 5.34. The van der Waals surface area contributed by atoms with E-state index in [1.165, 1.54) is 24.3 Å². The van der Waals surface area contributed by atoms with Crippen molar-refractivity contribution < 1.29 is 34.1 Å². The molecular weight excluding hydrogens is 604 g/mol. The van der Waals surface area contributed by atoms with Crippen molar-refractivity contribution in [2.75, 3.05) is 13.2 Å². The molecule has 40 heavy (non-hydrogen) atoms. The molecule has 8 nitrogen and oxygen atoms in total. The van der Waals surface area contributed by atoms with Crippen molar-refractivity contribution in [3.63, 3.8) is 0 Å². The Balaban J connectivity index is 1.76. The van der Waals surface area contributed by atoms with E-state index >= 15 is 0 Å². The molecule has 0 aromatic heterocycles. The number of nitrogens with one attached hydrogen (secondary N) is 1. The van der Waals surface area contributed by atoms with Crippen molar-refractivity contribution in [1.82, 2.24) is 5.32 Å². The number of phenolic OH excluding ortho intramolecular Hbond substituents is 2. The molecule has 0 aliphatic carbocycles. The lowest BCUT2D eigenvalue weighted by atomic mass is 9.86. The Bertz CT molecular complexity index is 1320. The maximum absolute atomic E-state index is 13.0. The van der Waals surface area contributed by atoms with Gasteiger partial charge in [-0.1, -0.05) is 79.3 Å². The van der Waals surface area contributed by atoms with Gasteiger partial charge in [-0.2, -0.15) is 0 Å². The van der Waals surface area contributed by atoms with Crippen LogP contribution in [0.2, 0.25) is 20.1 Å². The molecule has 3 aromatic carbocycles. The molecule has 0 spiro atoms. The van der Waals surface area contributed by atoms with Crippen molar-refractivity contribution in [2.24, 2.45) is 0 Å². The van der Waals surface area contributed by atoms with Crippen LogP contribution in [0, 0.1) is 0 Å². The summed E-state index contributed by atoms with van der Waals surface area (Å²) < 4.78 is 10.6. The van der Waals surface area contributed by atoms with Gasteiger partial charge in [-0.25, -0.2) is 9.59 Å². The van der Waals surface area contributed by atoms with Crippen LogP contribution in [0.25, 0.3) is 0 Å². The Morgan fingerprint density at radius 2 is 1.10 bits per heavy atom. The van der Waals surface area contributed by atoms with E-state index in [2.05, 4.69) is 5.32 Å². The largest absolute Gasteiger partial charge is 0.505 e. The van der Waals surface area contributed by atoms with Crippen LogP contribution in [0.15, 0.2) is 48.5 Å². The predicted molar refractivity (Wildman–Crippen MR) is 153 cm³/mol. The number of benzene rings is 3. The molecule has 0 fully saturated rings. The van der Waals surface area contributed by atoms with E-state index in [1.54, 1.807) is 12.1 Å². The first-order valence-electron chi connectivity index (χ1n) is 11.8. The first kappa shape index (κ1) is 31.4. The van der Waals surface area contributed by atoms with Gasteiger partial charge in [0.2, 0.25) is 0 Å². The number of hydrogen-bond donors (Lipinski definition) is 3. The normalized spacial score (nSPS) is 11.3. The lowest BCUT2D eigenvalue weighted by Gasteiger charge is -2.21. The Labute approximate surface area is 250 Å². The molecule has 0 atom stereocenters. The van der Waals surface area contributed by atoms with Gasteiger partial charge in [-0.05, 0) is 47.4 Å². The zero-order valence-electron chi connectivity index (χ0n) is 21.6. The summed E-state index contributed by atoms with van der Waals surface area (Å²) in [4.78, 5) is 38.2. The van der Waals surface area contributed by atoms with Crippen molar-refractivity contribution in [3.8, 4) is 11.5 Å². The zero-order chi connectivity index (χ0) is 29.8. The highest BCUT2D eigenvalue weighted by molar-refractivity contribution is 6.38. The summed E-state index contributed by atoms with van der Waals surface area (Å²) in [5, 5.41) is 21.5. The highest BCUT2D eigenvalue weighted by Gasteiger charge is 2.22. The Morgan fingerprint density at radius 3 is 1.45 bits per heavy atom. The quantitative estimate of drug-likeness (QED) is 0.234. The molecule has 0 saturated heterocycles. The summed E-state index contributed by atoms with van der Waals surface area (Å²) in [5.41, 5.74) is 1.17. The monoisotopic (exact) mass is 627 g/mol. The number of aromatic hydroxyl groups is 2. The fraction of sp³-hybridized carbons (Fsp3) is 0.250. The van der Waals surface area contributed by atoms with Gasteiger partial charge < -0.3 is 25.0 Å². The topological polar surface area (TPSA) is 122 Å². The zero-order valence-corrected chi connectivity index (χ0v) is 24.6. The van der Waals surface area contributed by atoms with E-state index in [0.29, 0.717) is 5.56 Å². The van der Waals surface area contributed by atoms with Gasteiger partial charge in [0.25, 0.3) is 5.91 Å². The molecule has 3 N–H and O–H groups in total. The van der Waals surface area contributed by atoms with E-state index in [9.17, 15) is 24.6 Å². The van der Waals surface area contributed by atoms with Crippen molar-refractivity contribution in [2.45, 2.75) is 32.2 Å². The summed E-state index contributed by atoms with van der Waals surface area (Å²) in [6.07, 6.45) is 0. The van der Waals surface area contributed by atoms with Gasteiger partial charge in [0.05, 0.1) is 37.3 Å². The third-order valence-corrected chi connectivity index (χ3v) is 6.84. The summed E-state index contributed by atoms with van der Waals surface area (Å²) >= 11 is 23.5. The van der Waals surface area contributed by atoms with Gasteiger partial charge in [0.1, 0.15) is 13.2 Å². The molecule has 0 aliphatic rings. The molecule has 3 aromatic rings. The third kappa shape index (κ3) is 7.95. The highest BCUT2D eigenvalue weighted by Crippen LogP contribution is 2.34. The van der Waals surface area contributed by atoms with E-state index in [-0.39, 0.29) is 48.1 Å². The SMILES string of the molecule is CC(C)(C)c1ccc(C(=O)NC(COC(=O)c2cc(Cl)c(O)c(Cl)c2)COC(=O)c2cc(Cl)c(O)c(Cl)c2)cc1. The maximum atomic E-state index is 13.0. The Morgan fingerprint density at radius 1 is 0.725 bits per heavy atom. The molecular formula is C28H25Cl4NO7. The fourth-order valence-corrected chi connectivity index (χ4v) is 4.38. The number of hydrogen-bond acceptors (Lipinski definition) is 7. The number of carbonyl (C=O) groups excluding carboxylic acids is 3. The van der Waals surface area contributed by atoms with Crippen LogP contribution in [0.5, 0.6) is 11.5 Å². The molecule has 0 unspecified atom stereocenters. The second-order valence-electron chi connectivity index (χ2n) is 9.77. The molecule has 0 heterocycles. The van der Waals surface area contributed by atoms with Gasteiger partial charge in [0, 0.05) is 5.56 Å². The molecule has 0 saturated carbocycles.